The van der Waals surface area contributed by atoms with Crippen LogP contribution in [0.4, 0.5) is 4.79 Å². The van der Waals surface area contributed by atoms with Crippen LogP contribution in [0.1, 0.15) is 60.3 Å². The molecule has 0 heterocycles. The van der Waals surface area contributed by atoms with E-state index in [0.717, 1.165) is 25.7 Å². The number of carbonyl (C=O) groups excluding carboxylic acids is 1. The van der Waals surface area contributed by atoms with Crippen molar-refractivity contribution >= 4 is 6.09 Å². The summed E-state index contributed by atoms with van der Waals surface area (Å²) in [7, 11) is 0. The summed E-state index contributed by atoms with van der Waals surface area (Å²) in [5.41, 5.74) is -1.38. The lowest BCUT2D eigenvalue weighted by Crippen LogP contribution is -2.48. The fraction of sp³-hybridized carbons (Fsp3) is 0.929. The molecule has 0 saturated heterocycles. The van der Waals surface area contributed by atoms with E-state index in [1.807, 2.05) is 20.8 Å². The highest BCUT2D eigenvalue weighted by Gasteiger charge is 2.33. The van der Waals surface area contributed by atoms with Crippen molar-refractivity contribution in [3.63, 3.8) is 0 Å². The summed E-state index contributed by atoms with van der Waals surface area (Å²) in [4.78, 5) is 13.9. The number of amides is 1. The molecule has 1 aliphatic rings. The van der Waals surface area contributed by atoms with Gasteiger partial charge in [-0.05, 0) is 47.5 Å². The normalized spacial score (nSPS) is 17.9. The van der Waals surface area contributed by atoms with Crippen molar-refractivity contribution in [2.75, 3.05) is 6.54 Å². The molecule has 0 spiro atoms. The van der Waals surface area contributed by atoms with Gasteiger partial charge in [-0.25, -0.2) is 4.79 Å². The van der Waals surface area contributed by atoms with Gasteiger partial charge in [0.05, 0.1) is 12.1 Å². The van der Waals surface area contributed by atoms with Gasteiger partial charge in [-0.1, -0.05) is 12.8 Å². The van der Waals surface area contributed by atoms with Gasteiger partial charge in [0.15, 0.2) is 0 Å². The van der Waals surface area contributed by atoms with Crippen molar-refractivity contribution in [1.82, 2.24) is 4.90 Å². The van der Waals surface area contributed by atoms with Gasteiger partial charge >= 0.3 is 6.09 Å². The van der Waals surface area contributed by atoms with Crippen molar-refractivity contribution in [3.8, 4) is 0 Å². The van der Waals surface area contributed by atoms with Crippen LogP contribution in [0.15, 0.2) is 0 Å². The summed E-state index contributed by atoms with van der Waals surface area (Å²) in [6.07, 6.45) is 4.01. The second-order valence-electron chi connectivity index (χ2n) is 6.86. The summed E-state index contributed by atoms with van der Waals surface area (Å²) >= 11 is 0. The first kappa shape index (κ1) is 15.3. The first-order valence-electron chi connectivity index (χ1n) is 6.80. The van der Waals surface area contributed by atoms with E-state index in [9.17, 15) is 9.90 Å². The highest BCUT2D eigenvalue weighted by molar-refractivity contribution is 5.68. The summed E-state index contributed by atoms with van der Waals surface area (Å²) in [5, 5.41) is 9.95. The Morgan fingerprint density at radius 2 is 1.72 bits per heavy atom. The zero-order valence-electron chi connectivity index (χ0n) is 12.3. The Labute approximate surface area is 110 Å². The zero-order chi connectivity index (χ0) is 14.0. The Morgan fingerprint density at radius 1 is 1.22 bits per heavy atom. The lowest BCUT2D eigenvalue weighted by Gasteiger charge is -2.35. The topological polar surface area (TPSA) is 49.8 Å². The van der Waals surface area contributed by atoms with Crippen molar-refractivity contribution in [3.05, 3.63) is 0 Å². The average Bonchev–Trinajstić information content (AvgIpc) is 2.61. The predicted molar refractivity (Wildman–Crippen MR) is 71.5 cm³/mol. The Morgan fingerprint density at radius 3 is 2.11 bits per heavy atom. The van der Waals surface area contributed by atoms with Gasteiger partial charge in [0.2, 0.25) is 0 Å². The average molecular weight is 257 g/mol. The largest absolute Gasteiger partial charge is 0.444 e. The molecule has 4 heteroatoms. The molecule has 1 amide bonds. The van der Waals surface area contributed by atoms with Gasteiger partial charge in [-0.2, -0.15) is 0 Å². The van der Waals surface area contributed by atoms with Crippen LogP contribution >= 0.6 is 0 Å². The Balaban J connectivity index is 2.73. The fourth-order valence-electron chi connectivity index (χ4n) is 2.30. The number of aliphatic hydroxyl groups is 1. The van der Waals surface area contributed by atoms with Gasteiger partial charge in [-0.3, -0.25) is 0 Å². The van der Waals surface area contributed by atoms with Gasteiger partial charge in [-0.15, -0.1) is 0 Å². The molecular formula is C14H27NO3. The summed E-state index contributed by atoms with van der Waals surface area (Å²) in [5.74, 6) is 0. The maximum atomic E-state index is 12.2. The minimum atomic E-state index is -0.889. The molecule has 1 fully saturated rings. The van der Waals surface area contributed by atoms with E-state index in [4.69, 9.17) is 4.74 Å². The van der Waals surface area contributed by atoms with E-state index in [-0.39, 0.29) is 12.1 Å². The highest BCUT2D eigenvalue weighted by Crippen LogP contribution is 2.26. The van der Waals surface area contributed by atoms with E-state index < -0.39 is 11.2 Å². The zero-order valence-corrected chi connectivity index (χ0v) is 12.3. The van der Waals surface area contributed by atoms with Crippen molar-refractivity contribution < 1.29 is 14.6 Å². The second kappa shape index (κ2) is 5.47. The van der Waals surface area contributed by atoms with E-state index in [1.54, 1.807) is 18.7 Å². The van der Waals surface area contributed by atoms with Gasteiger partial charge in [0, 0.05) is 6.04 Å². The molecule has 1 rings (SSSR count). The molecule has 0 aromatic rings. The molecule has 18 heavy (non-hydrogen) atoms. The molecule has 1 aliphatic carbocycles. The van der Waals surface area contributed by atoms with E-state index >= 15 is 0 Å². The van der Waals surface area contributed by atoms with E-state index in [2.05, 4.69) is 0 Å². The third-order valence-corrected chi connectivity index (χ3v) is 2.95. The highest BCUT2D eigenvalue weighted by atomic mass is 16.6. The minimum absolute atomic E-state index is 0.214. The predicted octanol–water partition coefficient (Wildman–Crippen LogP) is 2.94. The number of nitrogens with zero attached hydrogens (tertiary/aromatic N) is 1. The lowest BCUT2D eigenvalue weighted by molar-refractivity contribution is -0.0142. The van der Waals surface area contributed by atoms with Crippen LogP contribution in [0.5, 0.6) is 0 Å². The fourth-order valence-corrected chi connectivity index (χ4v) is 2.30. The van der Waals surface area contributed by atoms with Crippen LogP contribution in [0.25, 0.3) is 0 Å². The van der Waals surface area contributed by atoms with Crippen LogP contribution in [0, 0.1) is 0 Å². The maximum absolute atomic E-state index is 12.2. The molecule has 1 saturated carbocycles. The molecule has 0 aromatic carbocycles. The number of hydrogen-bond donors (Lipinski definition) is 1. The summed E-state index contributed by atoms with van der Waals surface area (Å²) in [6.45, 7) is 9.36. The minimum Gasteiger partial charge on any atom is -0.444 e. The van der Waals surface area contributed by atoms with Gasteiger partial charge in [0.1, 0.15) is 5.60 Å². The summed E-state index contributed by atoms with van der Waals surface area (Å²) < 4.78 is 5.43. The smallest absolute Gasteiger partial charge is 0.410 e. The molecule has 0 atom stereocenters. The van der Waals surface area contributed by atoms with Gasteiger partial charge < -0.3 is 14.7 Å². The lowest BCUT2D eigenvalue weighted by atomic mass is 10.1. The van der Waals surface area contributed by atoms with Crippen LogP contribution in [-0.2, 0) is 4.74 Å². The molecule has 1 N–H and O–H groups in total. The van der Waals surface area contributed by atoms with Crippen molar-refractivity contribution in [1.29, 1.82) is 0 Å². The quantitative estimate of drug-likeness (QED) is 0.845. The van der Waals surface area contributed by atoms with Crippen LogP contribution in [0.3, 0.4) is 0 Å². The van der Waals surface area contributed by atoms with Gasteiger partial charge in [0.25, 0.3) is 0 Å². The standard InChI is InChI=1S/C14H27NO3/c1-13(2,3)18-12(16)15(10-14(4,5)17)11-8-6-7-9-11/h11,17H,6-10H2,1-5H3. The van der Waals surface area contributed by atoms with Crippen LogP contribution < -0.4 is 0 Å². The molecule has 0 aromatic heterocycles. The molecular weight excluding hydrogens is 230 g/mol. The maximum Gasteiger partial charge on any atom is 0.410 e. The van der Waals surface area contributed by atoms with E-state index in [0.29, 0.717) is 6.54 Å². The number of ether oxygens (including phenoxy) is 1. The SMILES string of the molecule is CC(C)(O)CN(C(=O)OC(C)(C)C)C1CCCC1. The third-order valence-electron chi connectivity index (χ3n) is 2.95. The Bertz CT molecular complexity index is 282. The van der Waals surface area contributed by atoms with E-state index in [1.165, 1.54) is 0 Å². The van der Waals surface area contributed by atoms with Crippen LogP contribution in [-0.4, -0.2) is 39.9 Å². The Kier molecular flexibility index (Phi) is 4.65. The van der Waals surface area contributed by atoms with Crippen molar-refractivity contribution in [2.24, 2.45) is 0 Å². The van der Waals surface area contributed by atoms with Crippen molar-refractivity contribution in [2.45, 2.75) is 77.5 Å². The second-order valence-corrected chi connectivity index (χ2v) is 6.86. The molecule has 0 aliphatic heterocycles. The number of rotatable bonds is 3. The first-order valence-corrected chi connectivity index (χ1v) is 6.80. The van der Waals surface area contributed by atoms with Crippen LogP contribution in [0.2, 0.25) is 0 Å². The molecule has 0 bridgehead atoms. The first-order chi connectivity index (χ1) is 8.08. The summed E-state index contributed by atoms with van der Waals surface area (Å²) in [6, 6.07) is 0.214. The third kappa shape index (κ3) is 5.25. The number of carbonyl (C=O) groups is 1. The number of hydrogen-bond acceptors (Lipinski definition) is 3. The molecule has 4 nitrogen and oxygen atoms in total. The monoisotopic (exact) mass is 257 g/mol. The molecule has 0 unspecified atom stereocenters. The molecule has 106 valence electrons. The molecule has 0 radical (unpaired) electrons. The Hall–Kier alpha value is -0.770.